The monoisotopic (exact) mass is 523 g/mol. The number of aliphatic imine (C=N–C) groups is 1. The van der Waals surface area contributed by atoms with Gasteiger partial charge in [0.1, 0.15) is 35.3 Å². The van der Waals surface area contributed by atoms with E-state index in [9.17, 15) is 18.3 Å². The van der Waals surface area contributed by atoms with Crippen LogP contribution in [-0.2, 0) is 12.0 Å². The van der Waals surface area contributed by atoms with Crippen LogP contribution in [0.2, 0.25) is 0 Å². The maximum absolute atomic E-state index is 15.0. The number of halogens is 4. The van der Waals surface area contributed by atoms with Crippen LogP contribution in [0.3, 0.4) is 0 Å². The number of alkyl halides is 3. The van der Waals surface area contributed by atoms with Crippen LogP contribution >= 0.6 is 0 Å². The molecular weight excluding hydrogens is 498 g/mol. The predicted molar refractivity (Wildman–Crippen MR) is 137 cm³/mol. The maximum atomic E-state index is 15.0. The first-order valence-electron chi connectivity index (χ1n) is 12.0. The molecule has 2 heterocycles. The minimum Gasteiger partial charge on any atom is -0.506 e. The summed E-state index contributed by atoms with van der Waals surface area (Å²) in [6.45, 7) is 0.996. The zero-order valence-electron chi connectivity index (χ0n) is 20.5. The summed E-state index contributed by atoms with van der Waals surface area (Å²) in [7, 11) is 0. The van der Waals surface area contributed by atoms with Gasteiger partial charge in [-0.05, 0) is 60.9 Å². The Bertz CT molecular complexity index is 1420. The molecule has 5 nitrogen and oxygen atoms in total. The summed E-state index contributed by atoms with van der Waals surface area (Å²) in [5.74, 6) is -0.162. The molecule has 1 aromatic heterocycles. The number of aromatic nitrogens is 1. The Labute approximate surface area is 217 Å². The van der Waals surface area contributed by atoms with E-state index in [4.69, 9.17) is 9.73 Å². The van der Waals surface area contributed by atoms with Gasteiger partial charge in [0.2, 0.25) is 0 Å². The van der Waals surface area contributed by atoms with Gasteiger partial charge in [-0.1, -0.05) is 42.5 Å². The quantitative estimate of drug-likeness (QED) is 0.358. The molecule has 1 aliphatic heterocycles. The van der Waals surface area contributed by atoms with E-state index in [1.807, 2.05) is 42.5 Å². The van der Waals surface area contributed by atoms with E-state index in [0.717, 1.165) is 18.6 Å². The van der Waals surface area contributed by atoms with Crippen LogP contribution < -0.4 is 10.1 Å². The van der Waals surface area contributed by atoms with Crippen molar-refractivity contribution >= 4 is 11.5 Å². The van der Waals surface area contributed by atoms with Crippen LogP contribution in [0.15, 0.2) is 101 Å². The lowest BCUT2D eigenvalue weighted by molar-refractivity contribution is -0.200. The highest BCUT2D eigenvalue weighted by Gasteiger charge is 2.54. The lowest BCUT2D eigenvalue weighted by Gasteiger charge is -2.40. The molecule has 0 saturated heterocycles. The molecule has 2 unspecified atom stereocenters. The van der Waals surface area contributed by atoms with Crippen molar-refractivity contribution in [1.82, 2.24) is 4.98 Å². The van der Waals surface area contributed by atoms with Gasteiger partial charge in [0.15, 0.2) is 0 Å². The van der Waals surface area contributed by atoms with Gasteiger partial charge in [-0.15, -0.1) is 0 Å². The lowest BCUT2D eigenvalue weighted by atomic mass is 9.70. The largest absolute Gasteiger partial charge is 0.506 e. The van der Waals surface area contributed by atoms with Crippen molar-refractivity contribution in [3.63, 3.8) is 0 Å². The SMILES string of the molecule is CC1(C(F)(F)F)C=C(F)C=C(C(Cc2ccccc2)(N=C2COc3ccccc3N2)c2ccc(O)cn2)C1. The number of aromatic hydroxyl groups is 1. The number of amidine groups is 1. The Morgan fingerprint density at radius 2 is 1.79 bits per heavy atom. The Kier molecular flexibility index (Phi) is 6.46. The van der Waals surface area contributed by atoms with Crippen molar-refractivity contribution in [3.8, 4) is 11.5 Å². The number of fused-ring (bicyclic) bond motifs is 1. The summed E-state index contributed by atoms with van der Waals surface area (Å²) >= 11 is 0. The first kappa shape index (κ1) is 25.5. The van der Waals surface area contributed by atoms with Gasteiger partial charge in [-0.25, -0.2) is 4.39 Å². The first-order valence-corrected chi connectivity index (χ1v) is 12.0. The van der Waals surface area contributed by atoms with Crippen LogP contribution in [0.4, 0.5) is 23.2 Å². The van der Waals surface area contributed by atoms with Crippen LogP contribution in [0.25, 0.3) is 0 Å². The zero-order chi connectivity index (χ0) is 27.0. The van der Waals surface area contributed by atoms with Gasteiger partial charge in [-0.3, -0.25) is 9.98 Å². The third-order valence-electron chi connectivity index (χ3n) is 6.84. The molecule has 5 rings (SSSR count). The molecule has 0 amide bonds. The third-order valence-corrected chi connectivity index (χ3v) is 6.84. The average molecular weight is 524 g/mol. The van der Waals surface area contributed by atoms with E-state index in [-0.39, 0.29) is 30.0 Å². The van der Waals surface area contributed by atoms with Crippen molar-refractivity contribution in [2.24, 2.45) is 10.4 Å². The van der Waals surface area contributed by atoms with Gasteiger partial charge in [0, 0.05) is 6.42 Å². The van der Waals surface area contributed by atoms with Gasteiger partial charge >= 0.3 is 6.18 Å². The molecule has 0 radical (unpaired) electrons. The molecule has 0 spiro atoms. The highest BCUT2D eigenvalue weighted by molar-refractivity contribution is 6.00. The average Bonchev–Trinajstić information content (AvgIpc) is 2.88. The molecule has 2 N–H and O–H groups in total. The molecule has 2 atom stereocenters. The van der Waals surface area contributed by atoms with Gasteiger partial charge < -0.3 is 15.2 Å². The summed E-state index contributed by atoms with van der Waals surface area (Å²) in [5, 5.41) is 13.1. The summed E-state index contributed by atoms with van der Waals surface area (Å²) < 4.78 is 63.5. The minimum atomic E-state index is -4.71. The molecule has 2 aliphatic rings. The number of allylic oxidation sites excluding steroid dienone is 3. The molecule has 2 aromatic carbocycles. The standard InChI is InChI=1S/C29H25F4N3O2/c1-27(29(31,32)33)15-20(13-21(30)16-27)28(14-19-7-3-2-4-8-19,25-12-11-22(37)17-34-25)36-26-18-38-24-10-6-5-9-23(24)35-26/h2-13,16-17,37H,14-15,18H2,1H3,(H,35,36). The fourth-order valence-corrected chi connectivity index (χ4v) is 4.84. The molecule has 196 valence electrons. The van der Waals surface area contributed by atoms with Crippen LogP contribution in [0.1, 0.15) is 24.6 Å². The smallest absolute Gasteiger partial charge is 0.397 e. The van der Waals surface area contributed by atoms with E-state index in [1.54, 1.807) is 12.1 Å². The van der Waals surface area contributed by atoms with Gasteiger partial charge in [0.25, 0.3) is 0 Å². The molecule has 9 heteroatoms. The lowest BCUT2D eigenvalue weighted by Crippen LogP contribution is -2.42. The molecule has 38 heavy (non-hydrogen) atoms. The second-order valence-electron chi connectivity index (χ2n) is 9.68. The summed E-state index contributed by atoms with van der Waals surface area (Å²) in [5.41, 5.74) is -2.23. The van der Waals surface area contributed by atoms with Crippen molar-refractivity contribution < 1.29 is 27.4 Å². The van der Waals surface area contributed by atoms with Crippen molar-refractivity contribution in [1.29, 1.82) is 0 Å². The number of rotatable bonds is 5. The van der Waals surface area contributed by atoms with Crippen molar-refractivity contribution in [2.75, 3.05) is 11.9 Å². The molecule has 0 saturated carbocycles. The summed E-state index contributed by atoms with van der Waals surface area (Å²) in [6, 6.07) is 19.2. The van der Waals surface area contributed by atoms with Crippen molar-refractivity contribution in [2.45, 2.75) is 31.5 Å². The Morgan fingerprint density at radius 3 is 2.50 bits per heavy atom. The molecule has 0 bridgehead atoms. The van der Waals surface area contributed by atoms with Crippen LogP contribution in [0.5, 0.6) is 11.5 Å². The zero-order valence-corrected chi connectivity index (χ0v) is 20.5. The fourth-order valence-electron chi connectivity index (χ4n) is 4.84. The van der Waals surface area contributed by atoms with Crippen LogP contribution in [0, 0.1) is 5.41 Å². The second-order valence-corrected chi connectivity index (χ2v) is 9.68. The van der Waals surface area contributed by atoms with E-state index < -0.39 is 29.4 Å². The van der Waals surface area contributed by atoms with Gasteiger partial charge in [0.05, 0.1) is 23.0 Å². The normalized spacial score (nSPS) is 21.9. The molecule has 1 aliphatic carbocycles. The van der Waals surface area contributed by atoms with Gasteiger partial charge in [-0.2, -0.15) is 13.2 Å². The summed E-state index contributed by atoms with van der Waals surface area (Å²) in [4.78, 5) is 9.35. The van der Waals surface area contributed by atoms with E-state index in [2.05, 4.69) is 10.3 Å². The highest BCUT2D eigenvalue weighted by atomic mass is 19.4. The topological polar surface area (TPSA) is 66.7 Å². The van der Waals surface area contributed by atoms with Crippen molar-refractivity contribution in [3.05, 3.63) is 108 Å². The number of ether oxygens (including phenoxy) is 1. The first-order chi connectivity index (χ1) is 18.1. The highest BCUT2D eigenvalue weighted by Crippen LogP contribution is 2.52. The number of hydrogen-bond donors (Lipinski definition) is 2. The number of anilines is 1. The molecule has 3 aromatic rings. The van der Waals surface area contributed by atoms with Crippen LogP contribution in [-0.4, -0.2) is 28.7 Å². The number of nitrogens with zero attached hydrogens (tertiary/aromatic N) is 2. The number of hydrogen-bond acceptors (Lipinski definition) is 4. The minimum absolute atomic E-state index is 0.0216. The fraction of sp³-hybridized carbons (Fsp3) is 0.241. The Morgan fingerprint density at radius 1 is 1.05 bits per heavy atom. The third kappa shape index (κ3) is 4.88. The maximum Gasteiger partial charge on any atom is 0.397 e. The molecule has 0 fully saturated rings. The predicted octanol–water partition coefficient (Wildman–Crippen LogP) is 6.88. The number of pyridine rings is 1. The van der Waals surface area contributed by atoms with E-state index >= 15 is 4.39 Å². The van der Waals surface area contributed by atoms with E-state index in [0.29, 0.717) is 23.3 Å². The number of nitrogens with one attached hydrogen (secondary N) is 1. The number of para-hydroxylation sites is 2. The molecular formula is C29H25F4N3O2. The Balaban J connectivity index is 1.73. The summed E-state index contributed by atoms with van der Waals surface area (Å²) in [6.07, 6.45) is -2.22. The number of benzene rings is 2. The second kappa shape index (κ2) is 9.63. The van der Waals surface area contributed by atoms with E-state index in [1.165, 1.54) is 18.3 Å². The Hall–Kier alpha value is -4.14.